The van der Waals surface area contributed by atoms with Crippen molar-refractivity contribution in [3.05, 3.63) is 12.2 Å². The van der Waals surface area contributed by atoms with Crippen LogP contribution in [0.4, 0.5) is 0 Å². The summed E-state index contributed by atoms with van der Waals surface area (Å²) < 4.78 is 2.05. The summed E-state index contributed by atoms with van der Waals surface area (Å²) in [7, 11) is 0. The number of aromatic nitrogens is 3. The minimum absolute atomic E-state index is 0.674. The number of nitrogens with zero attached hydrogens (tertiary/aromatic N) is 3. The summed E-state index contributed by atoms with van der Waals surface area (Å²) in [5.74, 6) is 1.15. The summed E-state index contributed by atoms with van der Waals surface area (Å²) in [6.07, 6.45) is 10.0. The molecule has 0 aliphatic heterocycles. The summed E-state index contributed by atoms with van der Waals surface area (Å²) in [5.41, 5.74) is 0. The van der Waals surface area contributed by atoms with Gasteiger partial charge < -0.3 is 5.32 Å². The molecule has 1 aromatic heterocycles. The van der Waals surface area contributed by atoms with Gasteiger partial charge in [-0.1, -0.05) is 27.2 Å². The van der Waals surface area contributed by atoms with Gasteiger partial charge in [0.15, 0.2) is 0 Å². The molecule has 1 atom stereocenters. The lowest BCUT2D eigenvalue weighted by atomic mass is 10.0. The van der Waals surface area contributed by atoms with E-state index in [-0.39, 0.29) is 0 Å². The molecule has 1 unspecified atom stereocenters. The highest BCUT2D eigenvalue weighted by Gasteiger charge is 2.08. The topological polar surface area (TPSA) is 42.7 Å². The first kappa shape index (κ1) is 16.2. The van der Waals surface area contributed by atoms with Crippen molar-refractivity contribution in [3.63, 3.8) is 0 Å². The summed E-state index contributed by atoms with van der Waals surface area (Å²) in [4.78, 5) is 4.37. The SMILES string of the molecule is CCCNC(CCC)CCCc1ncnn1CCC. The van der Waals surface area contributed by atoms with E-state index in [0.29, 0.717) is 6.04 Å². The fraction of sp³-hybridized carbons (Fsp3) is 0.867. The van der Waals surface area contributed by atoms with Crippen LogP contribution in [0.15, 0.2) is 6.33 Å². The van der Waals surface area contributed by atoms with Gasteiger partial charge in [0.1, 0.15) is 12.2 Å². The molecule has 0 saturated carbocycles. The summed E-state index contributed by atoms with van der Waals surface area (Å²) in [6, 6.07) is 0.674. The van der Waals surface area contributed by atoms with Crippen LogP contribution >= 0.6 is 0 Å². The second-order valence-corrected chi connectivity index (χ2v) is 5.23. The third kappa shape index (κ3) is 6.19. The van der Waals surface area contributed by atoms with Crippen molar-refractivity contribution >= 4 is 0 Å². The molecule has 0 fully saturated rings. The molecule has 0 aliphatic carbocycles. The van der Waals surface area contributed by atoms with Crippen LogP contribution in [0.2, 0.25) is 0 Å². The third-order valence-electron chi connectivity index (χ3n) is 3.40. The lowest BCUT2D eigenvalue weighted by Gasteiger charge is -2.17. The van der Waals surface area contributed by atoms with Crippen LogP contribution in [-0.4, -0.2) is 27.4 Å². The number of rotatable bonds is 11. The molecule has 1 rings (SSSR count). The van der Waals surface area contributed by atoms with E-state index in [4.69, 9.17) is 0 Å². The molecule has 0 saturated heterocycles. The molecule has 0 spiro atoms. The molecule has 0 amide bonds. The first-order chi connectivity index (χ1) is 9.31. The molecule has 4 nitrogen and oxygen atoms in total. The highest BCUT2D eigenvalue weighted by Crippen LogP contribution is 2.09. The zero-order valence-electron chi connectivity index (χ0n) is 12.9. The standard InChI is InChI=1S/C15H30N4/c1-4-8-14(16-11-5-2)9-7-10-15-17-13-18-19(15)12-6-3/h13-14,16H,4-12H2,1-3H3. The van der Waals surface area contributed by atoms with Crippen molar-refractivity contribution in [2.45, 2.75) is 78.3 Å². The Morgan fingerprint density at radius 2 is 2.00 bits per heavy atom. The summed E-state index contributed by atoms with van der Waals surface area (Å²) in [5, 5.41) is 7.93. The predicted molar refractivity (Wildman–Crippen MR) is 80.2 cm³/mol. The van der Waals surface area contributed by atoms with E-state index in [9.17, 15) is 0 Å². The summed E-state index contributed by atoms with van der Waals surface area (Å²) in [6.45, 7) is 8.79. The van der Waals surface area contributed by atoms with Crippen molar-refractivity contribution in [1.82, 2.24) is 20.1 Å². The number of hydrogen-bond acceptors (Lipinski definition) is 3. The van der Waals surface area contributed by atoms with E-state index in [2.05, 4.69) is 36.2 Å². The van der Waals surface area contributed by atoms with E-state index >= 15 is 0 Å². The number of nitrogens with one attached hydrogen (secondary N) is 1. The van der Waals surface area contributed by atoms with Gasteiger partial charge in [0.2, 0.25) is 0 Å². The largest absolute Gasteiger partial charge is 0.314 e. The maximum absolute atomic E-state index is 4.37. The van der Waals surface area contributed by atoms with Gasteiger partial charge in [-0.2, -0.15) is 5.10 Å². The molecule has 4 heteroatoms. The predicted octanol–water partition coefficient (Wildman–Crippen LogP) is 3.18. The molecule has 1 heterocycles. The highest BCUT2D eigenvalue weighted by atomic mass is 15.3. The van der Waals surface area contributed by atoms with Gasteiger partial charge in [-0.05, 0) is 38.6 Å². The van der Waals surface area contributed by atoms with E-state index in [1.165, 1.54) is 32.1 Å². The second kappa shape index (κ2) is 9.96. The smallest absolute Gasteiger partial charge is 0.138 e. The van der Waals surface area contributed by atoms with Crippen LogP contribution < -0.4 is 5.32 Å². The van der Waals surface area contributed by atoms with E-state index in [1.807, 2.05) is 4.68 Å². The van der Waals surface area contributed by atoms with Gasteiger partial charge in [0.25, 0.3) is 0 Å². The quantitative estimate of drug-likeness (QED) is 0.669. The molecule has 0 aliphatic rings. The monoisotopic (exact) mass is 266 g/mol. The molecule has 19 heavy (non-hydrogen) atoms. The maximum atomic E-state index is 4.37. The lowest BCUT2D eigenvalue weighted by molar-refractivity contribution is 0.432. The Balaban J connectivity index is 2.31. The number of aryl methyl sites for hydroxylation is 2. The first-order valence-corrected chi connectivity index (χ1v) is 7.91. The fourth-order valence-corrected chi connectivity index (χ4v) is 2.43. The van der Waals surface area contributed by atoms with Gasteiger partial charge in [-0.15, -0.1) is 0 Å². The Morgan fingerprint density at radius 1 is 1.16 bits per heavy atom. The highest BCUT2D eigenvalue weighted by molar-refractivity contribution is 4.85. The van der Waals surface area contributed by atoms with Crippen LogP contribution in [0.3, 0.4) is 0 Å². The van der Waals surface area contributed by atoms with Crippen LogP contribution in [0.25, 0.3) is 0 Å². The molecular formula is C15H30N4. The van der Waals surface area contributed by atoms with Gasteiger partial charge in [0, 0.05) is 19.0 Å². The Morgan fingerprint density at radius 3 is 2.68 bits per heavy atom. The van der Waals surface area contributed by atoms with Crippen molar-refractivity contribution in [2.24, 2.45) is 0 Å². The molecule has 1 aromatic rings. The van der Waals surface area contributed by atoms with Gasteiger partial charge >= 0.3 is 0 Å². The van der Waals surface area contributed by atoms with Crippen LogP contribution in [0.5, 0.6) is 0 Å². The Hall–Kier alpha value is -0.900. The van der Waals surface area contributed by atoms with Crippen molar-refractivity contribution in [1.29, 1.82) is 0 Å². The maximum Gasteiger partial charge on any atom is 0.138 e. The summed E-state index contributed by atoms with van der Waals surface area (Å²) >= 11 is 0. The minimum Gasteiger partial charge on any atom is -0.314 e. The van der Waals surface area contributed by atoms with Crippen LogP contribution in [0, 0.1) is 0 Å². The van der Waals surface area contributed by atoms with Crippen molar-refractivity contribution in [2.75, 3.05) is 6.54 Å². The molecule has 0 aromatic carbocycles. The molecule has 0 radical (unpaired) electrons. The minimum atomic E-state index is 0.674. The van der Waals surface area contributed by atoms with Crippen LogP contribution in [-0.2, 0) is 13.0 Å². The normalized spacial score (nSPS) is 12.8. The average Bonchev–Trinajstić information content (AvgIpc) is 2.84. The third-order valence-corrected chi connectivity index (χ3v) is 3.40. The number of hydrogen-bond donors (Lipinski definition) is 1. The van der Waals surface area contributed by atoms with Crippen molar-refractivity contribution < 1.29 is 0 Å². The molecule has 1 N–H and O–H groups in total. The van der Waals surface area contributed by atoms with Gasteiger partial charge in [0.05, 0.1) is 0 Å². The zero-order valence-corrected chi connectivity index (χ0v) is 12.9. The zero-order chi connectivity index (χ0) is 13.9. The molecule has 0 bridgehead atoms. The van der Waals surface area contributed by atoms with Crippen molar-refractivity contribution in [3.8, 4) is 0 Å². The van der Waals surface area contributed by atoms with E-state index in [1.54, 1.807) is 6.33 Å². The molecular weight excluding hydrogens is 236 g/mol. The second-order valence-electron chi connectivity index (χ2n) is 5.23. The Kier molecular flexibility index (Phi) is 8.47. The average molecular weight is 266 g/mol. The van der Waals surface area contributed by atoms with E-state index in [0.717, 1.165) is 31.8 Å². The van der Waals surface area contributed by atoms with E-state index < -0.39 is 0 Å². The Bertz CT molecular complexity index is 322. The fourth-order valence-electron chi connectivity index (χ4n) is 2.43. The molecule has 110 valence electrons. The van der Waals surface area contributed by atoms with Gasteiger partial charge in [-0.3, -0.25) is 4.68 Å². The van der Waals surface area contributed by atoms with Crippen LogP contribution in [0.1, 0.15) is 65.1 Å². The van der Waals surface area contributed by atoms with Gasteiger partial charge in [-0.25, -0.2) is 4.98 Å². The lowest BCUT2D eigenvalue weighted by Crippen LogP contribution is -2.29. The first-order valence-electron chi connectivity index (χ1n) is 7.91. The Labute approximate surface area is 118 Å².